The molecule has 0 spiro atoms. The Morgan fingerprint density at radius 2 is 1.92 bits per heavy atom. The molecule has 0 saturated heterocycles. The Balaban J connectivity index is 1.97. The highest BCUT2D eigenvalue weighted by molar-refractivity contribution is 7.15. The van der Waals surface area contributed by atoms with E-state index in [1.54, 1.807) is 7.11 Å². The van der Waals surface area contributed by atoms with E-state index in [1.165, 1.54) is 22.5 Å². The number of hydrogen-bond donors (Lipinski definition) is 0. The number of benzene rings is 2. The molecule has 26 heavy (non-hydrogen) atoms. The summed E-state index contributed by atoms with van der Waals surface area (Å²) in [4.78, 5) is 17.5. The molecule has 2 heterocycles. The molecule has 0 aliphatic carbocycles. The number of hydrogen-bond acceptors (Lipinski definition) is 4. The number of aryl methyl sites for hydroxylation is 2. The summed E-state index contributed by atoms with van der Waals surface area (Å²) in [5.74, 6) is 0.703. The molecular weight excluding hydrogens is 344 g/mol. The molecule has 0 atom stereocenters. The van der Waals surface area contributed by atoms with Crippen LogP contribution in [-0.4, -0.2) is 22.8 Å². The quantitative estimate of drug-likeness (QED) is 0.471. The second-order valence-corrected chi connectivity index (χ2v) is 7.04. The highest BCUT2D eigenvalue weighted by atomic mass is 32.1. The number of fused-ring (bicyclic) bond motifs is 1. The van der Waals surface area contributed by atoms with Gasteiger partial charge < -0.3 is 4.74 Å². The fourth-order valence-corrected chi connectivity index (χ4v) is 4.03. The molecule has 0 N–H and O–H groups in total. The minimum Gasteiger partial charge on any atom is -0.496 e. The van der Waals surface area contributed by atoms with Crippen LogP contribution in [-0.2, 0) is 0 Å². The Morgan fingerprint density at radius 1 is 1.12 bits per heavy atom. The van der Waals surface area contributed by atoms with E-state index in [9.17, 15) is 4.79 Å². The first-order chi connectivity index (χ1) is 12.6. The van der Waals surface area contributed by atoms with Gasteiger partial charge in [0.1, 0.15) is 17.1 Å². The predicted molar refractivity (Wildman–Crippen MR) is 105 cm³/mol. The molecule has 2 aromatic carbocycles. The third-order valence-electron chi connectivity index (χ3n) is 4.68. The lowest BCUT2D eigenvalue weighted by molar-refractivity contribution is 0.111. The van der Waals surface area contributed by atoms with E-state index in [1.807, 2.05) is 34.0 Å². The fraction of sp³-hybridized carbons (Fsp3) is 0.143. The summed E-state index contributed by atoms with van der Waals surface area (Å²) in [6.45, 7) is 4.19. The average Bonchev–Trinajstić information content (AvgIpc) is 3.22. The summed E-state index contributed by atoms with van der Waals surface area (Å²) in [5.41, 5.74) is 6.53. The van der Waals surface area contributed by atoms with E-state index in [0.29, 0.717) is 17.1 Å². The minimum absolute atomic E-state index is 0.541. The van der Waals surface area contributed by atoms with Crippen molar-refractivity contribution in [1.82, 2.24) is 9.38 Å². The van der Waals surface area contributed by atoms with Crippen molar-refractivity contribution in [3.63, 3.8) is 0 Å². The third kappa shape index (κ3) is 2.52. The van der Waals surface area contributed by atoms with Gasteiger partial charge in [0.25, 0.3) is 0 Å². The number of methoxy groups -OCH3 is 1. The monoisotopic (exact) mass is 362 g/mol. The molecule has 0 radical (unpaired) electrons. The van der Waals surface area contributed by atoms with Crippen LogP contribution in [0.25, 0.3) is 27.5 Å². The lowest BCUT2D eigenvalue weighted by atomic mass is 10.0. The van der Waals surface area contributed by atoms with Crippen LogP contribution in [0.2, 0.25) is 0 Å². The van der Waals surface area contributed by atoms with E-state index in [2.05, 4.69) is 32.0 Å². The number of imidazole rings is 1. The lowest BCUT2D eigenvalue weighted by Gasteiger charge is -2.07. The molecule has 0 amide bonds. The zero-order valence-corrected chi connectivity index (χ0v) is 15.6. The van der Waals surface area contributed by atoms with Gasteiger partial charge in [-0.05, 0) is 48.7 Å². The maximum absolute atomic E-state index is 12.0. The summed E-state index contributed by atoms with van der Waals surface area (Å²) in [6, 6.07) is 14.0. The predicted octanol–water partition coefficient (Wildman–Crippen LogP) is 5.17. The second-order valence-electron chi connectivity index (χ2n) is 6.20. The molecule has 0 fully saturated rings. The van der Waals surface area contributed by atoms with Crippen molar-refractivity contribution in [3.8, 4) is 28.3 Å². The summed E-state index contributed by atoms with van der Waals surface area (Å²) < 4.78 is 7.39. The number of thiazole rings is 1. The molecule has 0 unspecified atom stereocenters. The summed E-state index contributed by atoms with van der Waals surface area (Å²) >= 11 is 1.53. The van der Waals surface area contributed by atoms with Crippen LogP contribution in [0.4, 0.5) is 0 Å². The van der Waals surface area contributed by atoms with Gasteiger partial charge in [-0.25, -0.2) is 4.98 Å². The zero-order valence-electron chi connectivity index (χ0n) is 14.8. The standard InChI is InChI=1S/C21H18N2O2S/c1-13-8-9-15(10-14(13)2)18-12-26-21-22-20(17(11-24)23(18)21)16-6-4-5-7-19(16)25-3/h4-12H,1-3H3. The number of aldehydes is 1. The van der Waals surface area contributed by atoms with E-state index in [0.717, 1.165) is 28.1 Å². The Hall–Kier alpha value is -2.92. The molecule has 0 saturated carbocycles. The van der Waals surface area contributed by atoms with Crippen LogP contribution in [0, 0.1) is 13.8 Å². The Kier molecular flexibility index (Phi) is 4.09. The number of carbonyl (C=O) groups excluding carboxylic acids is 1. The van der Waals surface area contributed by atoms with Crippen molar-refractivity contribution in [2.24, 2.45) is 0 Å². The maximum Gasteiger partial charge on any atom is 0.195 e. The van der Waals surface area contributed by atoms with Crippen LogP contribution in [0.5, 0.6) is 5.75 Å². The molecule has 2 aromatic heterocycles. The van der Waals surface area contributed by atoms with Crippen molar-refractivity contribution in [2.75, 3.05) is 7.11 Å². The van der Waals surface area contributed by atoms with Crippen molar-refractivity contribution >= 4 is 22.6 Å². The number of aromatic nitrogens is 2. The van der Waals surface area contributed by atoms with Crippen molar-refractivity contribution in [3.05, 3.63) is 64.7 Å². The number of rotatable bonds is 4. The first-order valence-corrected chi connectivity index (χ1v) is 9.18. The van der Waals surface area contributed by atoms with Crippen molar-refractivity contribution in [1.29, 1.82) is 0 Å². The zero-order chi connectivity index (χ0) is 18.3. The smallest absolute Gasteiger partial charge is 0.195 e. The Labute approximate surface area is 155 Å². The number of ether oxygens (including phenoxy) is 1. The second kappa shape index (κ2) is 6.42. The van der Waals surface area contributed by atoms with Gasteiger partial charge in [-0.3, -0.25) is 9.20 Å². The van der Waals surface area contributed by atoms with E-state index < -0.39 is 0 Å². The lowest BCUT2D eigenvalue weighted by Crippen LogP contribution is -1.96. The van der Waals surface area contributed by atoms with Crippen LogP contribution in [0.3, 0.4) is 0 Å². The Morgan fingerprint density at radius 3 is 2.65 bits per heavy atom. The molecule has 5 heteroatoms. The fourth-order valence-electron chi connectivity index (χ4n) is 3.13. The number of carbonyl (C=O) groups is 1. The minimum atomic E-state index is 0.541. The van der Waals surface area contributed by atoms with Crippen LogP contribution in [0.15, 0.2) is 47.8 Å². The van der Waals surface area contributed by atoms with Gasteiger partial charge in [-0.1, -0.05) is 24.3 Å². The highest BCUT2D eigenvalue weighted by Crippen LogP contribution is 2.36. The van der Waals surface area contributed by atoms with Crippen LogP contribution < -0.4 is 4.74 Å². The summed E-state index contributed by atoms with van der Waals surface area (Å²) in [6.07, 6.45) is 0.874. The molecule has 0 bridgehead atoms. The molecule has 4 nitrogen and oxygen atoms in total. The number of para-hydroxylation sites is 1. The van der Waals surface area contributed by atoms with Crippen LogP contribution in [0.1, 0.15) is 21.6 Å². The molecule has 4 aromatic rings. The first-order valence-electron chi connectivity index (χ1n) is 8.30. The van der Waals surface area contributed by atoms with Crippen molar-refractivity contribution < 1.29 is 9.53 Å². The van der Waals surface area contributed by atoms with Gasteiger partial charge in [-0.2, -0.15) is 0 Å². The number of nitrogens with zero attached hydrogens (tertiary/aromatic N) is 2. The highest BCUT2D eigenvalue weighted by Gasteiger charge is 2.20. The largest absolute Gasteiger partial charge is 0.496 e. The van der Waals surface area contributed by atoms with E-state index in [4.69, 9.17) is 9.72 Å². The third-order valence-corrected chi connectivity index (χ3v) is 5.50. The van der Waals surface area contributed by atoms with Gasteiger partial charge in [0.2, 0.25) is 0 Å². The molecular formula is C21H18N2O2S. The van der Waals surface area contributed by atoms with Gasteiger partial charge in [-0.15, -0.1) is 11.3 Å². The molecule has 4 rings (SSSR count). The van der Waals surface area contributed by atoms with Gasteiger partial charge >= 0.3 is 0 Å². The van der Waals surface area contributed by atoms with E-state index in [-0.39, 0.29) is 0 Å². The average molecular weight is 362 g/mol. The molecule has 130 valence electrons. The first kappa shape index (κ1) is 16.5. The van der Waals surface area contributed by atoms with Crippen LogP contribution >= 0.6 is 11.3 Å². The summed E-state index contributed by atoms with van der Waals surface area (Å²) in [5, 5.41) is 2.05. The topological polar surface area (TPSA) is 43.6 Å². The normalized spacial score (nSPS) is 11.0. The van der Waals surface area contributed by atoms with Crippen molar-refractivity contribution in [2.45, 2.75) is 13.8 Å². The molecule has 0 aliphatic rings. The van der Waals surface area contributed by atoms with Gasteiger partial charge in [0.05, 0.1) is 12.8 Å². The maximum atomic E-state index is 12.0. The van der Waals surface area contributed by atoms with Gasteiger partial charge in [0.15, 0.2) is 11.2 Å². The van der Waals surface area contributed by atoms with Gasteiger partial charge in [0, 0.05) is 10.9 Å². The summed E-state index contributed by atoms with van der Waals surface area (Å²) in [7, 11) is 1.62. The Bertz CT molecular complexity index is 1120. The SMILES string of the molecule is COc1ccccc1-c1nc2scc(-c3ccc(C)c(C)c3)n2c1C=O. The van der Waals surface area contributed by atoms with E-state index >= 15 is 0 Å². The molecule has 0 aliphatic heterocycles.